The van der Waals surface area contributed by atoms with Crippen LogP contribution in [0.25, 0.3) is 0 Å². The molecular weight excluding hydrogens is 320 g/mol. The Bertz CT molecular complexity index is 640. The molecule has 6 heteroatoms. The summed E-state index contributed by atoms with van der Waals surface area (Å²) in [5.74, 6) is -0.290. The fraction of sp³-hybridized carbons (Fsp3) is 0.526. The Labute approximate surface area is 148 Å². The highest BCUT2D eigenvalue weighted by Crippen LogP contribution is 2.23. The normalized spacial score (nSPS) is 21.1. The van der Waals surface area contributed by atoms with Crippen LogP contribution in [-0.2, 0) is 14.3 Å². The molecule has 0 aliphatic carbocycles. The van der Waals surface area contributed by atoms with Gasteiger partial charge in [-0.2, -0.15) is 5.26 Å². The van der Waals surface area contributed by atoms with Crippen LogP contribution in [0.4, 0.5) is 0 Å². The Morgan fingerprint density at radius 3 is 2.40 bits per heavy atom. The number of benzene rings is 1. The van der Waals surface area contributed by atoms with E-state index in [9.17, 15) is 9.59 Å². The predicted octanol–water partition coefficient (Wildman–Crippen LogP) is 2.66. The lowest BCUT2D eigenvalue weighted by molar-refractivity contribution is -0.163. The number of carbonyl (C=O) groups excluding carboxylic acids is 2. The molecule has 1 heterocycles. The van der Waals surface area contributed by atoms with Gasteiger partial charge in [-0.15, -0.1) is 0 Å². The number of amides is 1. The molecule has 1 fully saturated rings. The summed E-state index contributed by atoms with van der Waals surface area (Å²) >= 11 is 0. The smallest absolute Gasteiger partial charge is 0.344 e. The van der Waals surface area contributed by atoms with Crippen LogP contribution in [-0.4, -0.2) is 41.6 Å². The molecule has 0 bridgehead atoms. The highest BCUT2D eigenvalue weighted by molar-refractivity contribution is 5.84. The molecule has 0 spiro atoms. The largest absolute Gasteiger partial charge is 0.482 e. The fourth-order valence-electron chi connectivity index (χ4n) is 3.12. The number of ether oxygens (including phenoxy) is 2. The number of likely N-dealkylation sites (tertiary alicyclic amines) is 1. The summed E-state index contributed by atoms with van der Waals surface area (Å²) in [6.07, 6.45) is 2.22. The van der Waals surface area contributed by atoms with Gasteiger partial charge < -0.3 is 14.4 Å². The van der Waals surface area contributed by atoms with Crippen molar-refractivity contribution in [2.45, 2.75) is 58.2 Å². The van der Waals surface area contributed by atoms with E-state index in [0.717, 1.165) is 19.3 Å². The van der Waals surface area contributed by atoms with Crippen LogP contribution in [0.15, 0.2) is 24.3 Å². The van der Waals surface area contributed by atoms with E-state index in [-0.39, 0.29) is 24.6 Å². The highest BCUT2D eigenvalue weighted by atomic mass is 16.6. The Morgan fingerprint density at radius 2 is 1.84 bits per heavy atom. The third-order valence-corrected chi connectivity index (χ3v) is 4.44. The van der Waals surface area contributed by atoms with E-state index in [1.807, 2.05) is 24.8 Å². The molecule has 1 aromatic rings. The zero-order chi connectivity index (χ0) is 18.4. The summed E-state index contributed by atoms with van der Waals surface area (Å²) in [7, 11) is 0. The lowest BCUT2D eigenvalue weighted by Crippen LogP contribution is -2.51. The van der Waals surface area contributed by atoms with Crippen LogP contribution in [0, 0.1) is 11.3 Å². The number of piperidine rings is 1. The second-order valence-corrected chi connectivity index (χ2v) is 6.43. The third-order valence-electron chi connectivity index (χ3n) is 4.44. The van der Waals surface area contributed by atoms with Gasteiger partial charge in [0.25, 0.3) is 5.91 Å². The molecule has 0 aromatic heterocycles. The van der Waals surface area contributed by atoms with E-state index in [1.54, 1.807) is 31.2 Å². The van der Waals surface area contributed by atoms with E-state index in [2.05, 4.69) is 0 Å². The lowest BCUT2D eigenvalue weighted by atomic mass is 9.97. The van der Waals surface area contributed by atoms with Crippen LogP contribution < -0.4 is 4.74 Å². The fourth-order valence-corrected chi connectivity index (χ4v) is 3.12. The Morgan fingerprint density at radius 1 is 1.24 bits per heavy atom. The van der Waals surface area contributed by atoms with E-state index in [1.165, 1.54) is 0 Å². The minimum absolute atomic E-state index is 0.160. The molecule has 134 valence electrons. The van der Waals surface area contributed by atoms with Crippen molar-refractivity contribution in [3.8, 4) is 11.8 Å². The second kappa shape index (κ2) is 8.52. The molecule has 0 N–H and O–H groups in total. The van der Waals surface area contributed by atoms with Crippen molar-refractivity contribution in [2.24, 2.45) is 0 Å². The van der Waals surface area contributed by atoms with Gasteiger partial charge in [0.05, 0.1) is 11.6 Å². The Balaban J connectivity index is 1.84. The molecule has 2 rings (SSSR count). The van der Waals surface area contributed by atoms with Crippen molar-refractivity contribution in [1.29, 1.82) is 5.26 Å². The van der Waals surface area contributed by atoms with Crippen molar-refractivity contribution in [3.63, 3.8) is 0 Å². The highest BCUT2D eigenvalue weighted by Gasteiger charge is 2.33. The van der Waals surface area contributed by atoms with Crippen LogP contribution >= 0.6 is 0 Å². The first kappa shape index (κ1) is 18.8. The van der Waals surface area contributed by atoms with Crippen molar-refractivity contribution in [1.82, 2.24) is 4.90 Å². The number of nitrogens with zero attached hydrogens (tertiary/aromatic N) is 2. The number of hydrogen-bond donors (Lipinski definition) is 0. The molecule has 1 saturated heterocycles. The van der Waals surface area contributed by atoms with Crippen molar-refractivity contribution in [3.05, 3.63) is 29.8 Å². The lowest BCUT2D eigenvalue weighted by Gasteiger charge is -2.40. The summed E-state index contributed by atoms with van der Waals surface area (Å²) in [6.45, 7) is 5.36. The number of nitriles is 1. The molecule has 1 aromatic carbocycles. The molecule has 0 saturated carbocycles. The van der Waals surface area contributed by atoms with E-state index in [0.29, 0.717) is 11.3 Å². The van der Waals surface area contributed by atoms with Crippen LogP contribution in [0.3, 0.4) is 0 Å². The standard InChI is InChI=1S/C19H24N2O4/c1-13-5-4-6-14(2)21(13)19(23)15(3)25-18(22)12-24-17-9-7-16(11-20)8-10-17/h7-10,13-15H,4-6,12H2,1-3H3/t13-,14-,15-/m1/s1. The monoisotopic (exact) mass is 344 g/mol. The van der Waals surface area contributed by atoms with Crippen molar-refractivity contribution >= 4 is 11.9 Å². The van der Waals surface area contributed by atoms with Gasteiger partial charge >= 0.3 is 5.97 Å². The van der Waals surface area contributed by atoms with Gasteiger partial charge in [0.15, 0.2) is 12.7 Å². The van der Waals surface area contributed by atoms with E-state index >= 15 is 0 Å². The van der Waals surface area contributed by atoms with Gasteiger partial charge in [-0.1, -0.05) is 0 Å². The SMILES string of the molecule is C[C@@H]1CCC[C@@H](C)N1C(=O)[C@@H](C)OC(=O)COc1ccc(C#N)cc1. The first-order valence-corrected chi connectivity index (χ1v) is 8.57. The Kier molecular flexibility index (Phi) is 6.40. The van der Waals surface area contributed by atoms with Crippen LogP contribution in [0.5, 0.6) is 5.75 Å². The molecule has 3 atom stereocenters. The molecule has 1 aliphatic rings. The Hall–Kier alpha value is -2.55. The zero-order valence-electron chi connectivity index (χ0n) is 14.9. The minimum Gasteiger partial charge on any atom is -0.482 e. The molecule has 6 nitrogen and oxygen atoms in total. The number of hydrogen-bond acceptors (Lipinski definition) is 5. The minimum atomic E-state index is -0.833. The first-order chi connectivity index (χ1) is 11.9. The number of esters is 1. The first-order valence-electron chi connectivity index (χ1n) is 8.57. The summed E-state index contributed by atoms with van der Waals surface area (Å²) < 4.78 is 10.5. The van der Waals surface area contributed by atoms with Crippen LogP contribution in [0.2, 0.25) is 0 Å². The maximum absolute atomic E-state index is 12.6. The van der Waals surface area contributed by atoms with E-state index in [4.69, 9.17) is 14.7 Å². The molecular formula is C19H24N2O4. The molecule has 1 amide bonds. The van der Waals surface area contributed by atoms with Gasteiger partial charge in [0.2, 0.25) is 0 Å². The van der Waals surface area contributed by atoms with Crippen molar-refractivity contribution in [2.75, 3.05) is 6.61 Å². The second-order valence-electron chi connectivity index (χ2n) is 6.43. The number of carbonyl (C=O) groups is 2. The average molecular weight is 344 g/mol. The number of rotatable bonds is 5. The maximum Gasteiger partial charge on any atom is 0.344 e. The van der Waals surface area contributed by atoms with Gasteiger partial charge in [-0.25, -0.2) is 4.79 Å². The third kappa shape index (κ3) is 4.96. The predicted molar refractivity (Wildman–Crippen MR) is 91.8 cm³/mol. The summed E-state index contributed by atoms with van der Waals surface area (Å²) in [4.78, 5) is 26.3. The van der Waals surface area contributed by atoms with E-state index < -0.39 is 12.1 Å². The average Bonchev–Trinajstić information content (AvgIpc) is 2.60. The zero-order valence-corrected chi connectivity index (χ0v) is 14.9. The van der Waals surface area contributed by atoms with Gasteiger partial charge in [0, 0.05) is 12.1 Å². The van der Waals surface area contributed by atoms with Gasteiger partial charge in [0.1, 0.15) is 5.75 Å². The molecule has 0 radical (unpaired) electrons. The summed E-state index contributed by atoms with van der Waals surface area (Å²) in [5.41, 5.74) is 0.513. The van der Waals surface area contributed by atoms with Gasteiger partial charge in [-0.05, 0) is 64.3 Å². The van der Waals surface area contributed by atoms with Crippen LogP contribution in [0.1, 0.15) is 45.6 Å². The summed E-state index contributed by atoms with van der Waals surface area (Å²) in [6, 6.07) is 8.75. The summed E-state index contributed by atoms with van der Waals surface area (Å²) in [5, 5.41) is 8.74. The van der Waals surface area contributed by atoms with Gasteiger partial charge in [-0.3, -0.25) is 4.79 Å². The molecule has 1 aliphatic heterocycles. The molecule has 0 unspecified atom stereocenters. The topological polar surface area (TPSA) is 79.6 Å². The van der Waals surface area contributed by atoms with Crippen molar-refractivity contribution < 1.29 is 19.1 Å². The molecule has 25 heavy (non-hydrogen) atoms. The maximum atomic E-state index is 12.6. The quantitative estimate of drug-likeness (QED) is 0.767.